The third-order valence-electron chi connectivity index (χ3n) is 4.33. The van der Waals surface area contributed by atoms with Gasteiger partial charge in [0.2, 0.25) is 0 Å². The summed E-state index contributed by atoms with van der Waals surface area (Å²) in [6.07, 6.45) is 0.0724. The number of halogens is 1. The Morgan fingerprint density at radius 3 is 2.27 bits per heavy atom. The molecule has 0 spiro atoms. The van der Waals surface area contributed by atoms with E-state index < -0.39 is 17.4 Å². The Kier molecular flexibility index (Phi) is 4.68. The second-order valence-electron chi connectivity index (χ2n) is 6.76. The molecule has 0 saturated carbocycles. The smallest absolute Gasteiger partial charge is 0.325 e. The topological polar surface area (TPSA) is 58.6 Å². The van der Waals surface area contributed by atoms with E-state index in [0.717, 1.165) is 11.3 Å². The van der Waals surface area contributed by atoms with Crippen LogP contribution in [0.15, 0.2) is 48.5 Å². The number of rotatable bonds is 5. The molecule has 5 nitrogen and oxygen atoms in total. The molecule has 2 aromatic carbocycles. The lowest BCUT2D eigenvalue weighted by atomic mass is 9.92. The zero-order chi connectivity index (χ0) is 18.9. The molecule has 0 aromatic heterocycles. The molecule has 1 aliphatic rings. The second-order valence-corrected chi connectivity index (χ2v) is 6.76. The molecule has 1 aliphatic heterocycles. The van der Waals surface area contributed by atoms with Gasteiger partial charge in [-0.2, -0.15) is 0 Å². The van der Waals surface area contributed by atoms with E-state index in [9.17, 15) is 14.0 Å². The second kappa shape index (κ2) is 6.78. The summed E-state index contributed by atoms with van der Waals surface area (Å²) in [7, 11) is 0. The Labute approximate surface area is 151 Å². The summed E-state index contributed by atoms with van der Waals surface area (Å²) in [5.74, 6) is -0.0246. The van der Waals surface area contributed by atoms with Crippen molar-refractivity contribution in [1.29, 1.82) is 0 Å². The number of benzene rings is 2. The van der Waals surface area contributed by atoms with Gasteiger partial charge in [-0.15, -0.1) is 0 Å². The van der Waals surface area contributed by atoms with E-state index in [0.29, 0.717) is 5.56 Å². The summed E-state index contributed by atoms with van der Waals surface area (Å²) in [6, 6.07) is 12.4. The van der Waals surface area contributed by atoms with Crippen LogP contribution in [-0.2, 0) is 16.9 Å². The van der Waals surface area contributed by atoms with Crippen molar-refractivity contribution in [2.75, 3.05) is 0 Å². The van der Waals surface area contributed by atoms with Gasteiger partial charge in [0, 0.05) is 0 Å². The van der Waals surface area contributed by atoms with Crippen LogP contribution in [0.4, 0.5) is 9.18 Å². The van der Waals surface area contributed by atoms with Crippen molar-refractivity contribution in [3.05, 3.63) is 65.5 Å². The maximum Gasteiger partial charge on any atom is 0.325 e. The van der Waals surface area contributed by atoms with Gasteiger partial charge in [-0.3, -0.25) is 9.69 Å². The van der Waals surface area contributed by atoms with Crippen LogP contribution in [0.3, 0.4) is 0 Å². The van der Waals surface area contributed by atoms with Crippen molar-refractivity contribution in [2.24, 2.45) is 0 Å². The van der Waals surface area contributed by atoms with E-state index in [4.69, 9.17) is 4.74 Å². The molecule has 1 unspecified atom stereocenters. The summed E-state index contributed by atoms with van der Waals surface area (Å²) in [5.41, 5.74) is 0.152. The fraction of sp³-hybridized carbons (Fsp3) is 0.300. The molecule has 136 valence electrons. The highest BCUT2D eigenvalue weighted by Crippen LogP contribution is 2.30. The van der Waals surface area contributed by atoms with E-state index in [1.807, 2.05) is 38.1 Å². The highest BCUT2D eigenvalue weighted by Gasteiger charge is 2.48. The molecule has 3 amide bonds. The first-order valence-electron chi connectivity index (χ1n) is 8.45. The van der Waals surface area contributed by atoms with Crippen molar-refractivity contribution in [3.63, 3.8) is 0 Å². The number of carbonyl (C=O) groups is 2. The van der Waals surface area contributed by atoms with Gasteiger partial charge >= 0.3 is 6.03 Å². The first kappa shape index (κ1) is 17.9. The predicted octanol–water partition coefficient (Wildman–Crippen LogP) is 3.58. The van der Waals surface area contributed by atoms with Gasteiger partial charge in [-0.05, 0) is 56.2 Å². The number of amides is 3. The average molecular weight is 356 g/mol. The third-order valence-corrected chi connectivity index (χ3v) is 4.33. The number of carbonyl (C=O) groups excluding carboxylic acids is 2. The summed E-state index contributed by atoms with van der Waals surface area (Å²) in [5, 5.41) is 2.71. The van der Waals surface area contributed by atoms with E-state index in [1.54, 1.807) is 6.92 Å². The average Bonchev–Trinajstić information content (AvgIpc) is 2.81. The molecule has 1 fully saturated rings. The molecular weight excluding hydrogens is 335 g/mol. The van der Waals surface area contributed by atoms with Crippen LogP contribution >= 0.6 is 0 Å². The maximum atomic E-state index is 13.2. The summed E-state index contributed by atoms with van der Waals surface area (Å²) in [4.78, 5) is 26.4. The number of ether oxygens (including phenoxy) is 1. The number of nitrogens with zero attached hydrogens (tertiary/aromatic N) is 1. The van der Waals surface area contributed by atoms with Crippen LogP contribution in [0.5, 0.6) is 5.75 Å². The van der Waals surface area contributed by atoms with Gasteiger partial charge in [-0.1, -0.05) is 24.3 Å². The van der Waals surface area contributed by atoms with Crippen LogP contribution in [-0.4, -0.2) is 22.9 Å². The Bertz CT molecular complexity index is 818. The number of urea groups is 1. The molecule has 1 saturated heterocycles. The number of imide groups is 1. The van der Waals surface area contributed by atoms with Crippen LogP contribution < -0.4 is 10.1 Å². The molecule has 1 heterocycles. The molecule has 0 radical (unpaired) electrons. The normalized spacial score (nSPS) is 19.8. The quantitative estimate of drug-likeness (QED) is 0.833. The van der Waals surface area contributed by atoms with Crippen molar-refractivity contribution in [1.82, 2.24) is 10.2 Å². The van der Waals surface area contributed by atoms with Gasteiger partial charge in [0.25, 0.3) is 5.91 Å². The Hall–Kier alpha value is -2.89. The lowest BCUT2D eigenvalue weighted by Gasteiger charge is -2.22. The van der Waals surface area contributed by atoms with Crippen molar-refractivity contribution >= 4 is 11.9 Å². The molecule has 1 atom stereocenters. The summed E-state index contributed by atoms with van der Waals surface area (Å²) in [6.45, 7) is 5.66. The Balaban J connectivity index is 1.78. The SMILES string of the molecule is CC(C)Oc1ccc(CN2C(=O)NC(C)(c3ccc(F)cc3)C2=O)cc1. The van der Waals surface area contributed by atoms with Crippen LogP contribution in [0.1, 0.15) is 31.9 Å². The Morgan fingerprint density at radius 1 is 1.08 bits per heavy atom. The molecule has 3 rings (SSSR count). The molecule has 6 heteroatoms. The highest BCUT2D eigenvalue weighted by atomic mass is 19.1. The van der Waals surface area contributed by atoms with Gasteiger partial charge in [0.05, 0.1) is 12.6 Å². The minimum Gasteiger partial charge on any atom is -0.491 e. The Morgan fingerprint density at radius 2 is 1.69 bits per heavy atom. The highest BCUT2D eigenvalue weighted by molar-refractivity contribution is 6.07. The van der Waals surface area contributed by atoms with E-state index in [2.05, 4.69) is 5.32 Å². The molecule has 0 aliphatic carbocycles. The minimum atomic E-state index is -1.20. The zero-order valence-electron chi connectivity index (χ0n) is 15.0. The van der Waals surface area contributed by atoms with Crippen molar-refractivity contribution in [2.45, 2.75) is 39.0 Å². The van der Waals surface area contributed by atoms with Gasteiger partial charge in [0.1, 0.15) is 17.1 Å². The summed E-state index contributed by atoms with van der Waals surface area (Å²) >= 11 is 0. The molecule has 1 N–H and O–H groups in total. The lowest BCUT2D eigenvalue weighted by molar-refractivity contribution is -0.131. The van der Waals surface area contributed by atoms with E-state index in [1.165, 1.54) is 29.2 Å². The fourth-order valence-electron chi connectivity index (χ4n) is 2.95. The number of hydrogen-bond acceptors (Lipinski definition) is 3. The minimum absolute atomic E-state index is 0.0724. The van der Waals surface area contributed by atoms with Gasteiger partial charge in [-0.25, -0.2) is 9.18 Å². The summed E-state index contributed by atoms with van der Waals surface area (Å²) < 4.78 is 18.7. The third kappa shape index (κ3) is 3.40. The van der Waals surface area contributed by atoms with Crippen LogP contribution in [0.2, 0.25) is 0 Å². The van der Waals surface area contributed by atoms with Gasteiger partial charge in [0.15, 0.2) is 0 Å². The zero-order valence-corrected chi connectivity index (χ0v) is 15.0. The van der Waals surface area contributed by atoms with Gasteiger partial charge < -0.3 is 10.1 Å². The predicted molar refractivity (Wildman–Crippen MR) is 95.0 cm³/mol. The maximum absolute atomic E-state index is 13.2. The number of nitrogens with one attached hydrogen (secondary N) is 1. The number of hydrogen-bond donors (Lipinski definition) is 1. The molecule has 2 aromatic rings. The lowest BCUT2D eigenvalue weighted by Crippen LogP contribution is -2.40. The first-order valence-corrected chi connectivity index (χ1v) is 8.45. The van der Waals surface area contributed by atoms with Crippen molar-refractivity contribution < 1.29 is 18.7 Å². The molecule has 0 bridgehead atoms. The fourth-order valence-corrected chi connectivity index (χ4v) is 2.95. The van der Waals surface area contributed by atoms with Crippen LogP contribution in [0.25, 0.3) is 0 Å². The molecular formula is C20H21FN2O3. The largest absolute Gasteiger partial charge is 0.491 e. The van der Waals surface area contributed by atoms with Crippen LogP contribution in [0, 0.1) is 5.82 Å². The van der Waals surface area contributed by atoms with E-state index >= 15 is 0 Å². The van der Waals surface area contributed by atoms with Crippen molar-refractivity contribution in [3.8, 4) is 5.75 Å². The first-order chi connectivity index (χ1) is 12.3. The monoisotopic (exact) mass is 356 g/mol. The molecule has 26 heavy (non-hydrogen) atoms. The van der Waals surface area contributed by atoms with E-state index in [-0.39, 0.29) is 18.6 Å². The standard InChI is InChI=1S/C20H21FN2O3/c1-13(2)26-17-10-4-14(5-11-17)12-23-18(24)20(3,22-19(23)25)15-6-8-16(21)9-7-15/h4-11,13H,12H2,1-3H3,(H,22,25).